The van der Waals surface area contributed by atoms with E-state index in [1.165, 1.54) is 0 Å². The number of aromatic nitrogens is 1. The molecule has 0 bridgehead atoms. The molecule has 0 spiro atoms. The lowest BCUT2D eigenvalue weighted by Crippen LogP contribution is -2.40. The number of pyridine rings is 1. The molecule has 2 unspecified atom stereocenters. The van der Waals surface area contributed by atoms with Crippen molar-refractivity contribution >= 4 is 11.6 Å². The Morgan fingerprint density at radius 3 is 2.84 bits per heavy atom. The quantitative estimate of drug-likeness (QED) is 0.797. The minimum atomic E-state index is 0.251. The first-order chi connectivity index (χ1) is 9.02. The van der Waals surface area contributed by atoms with Crippen molar-refractivity contribution in [2.75, 3.05) is 20.2 Å². The molecule has 19 heavy (non-hydrogen) atoms. The number of likely N-dealkylation sites (tertiary alicyclic amines) is 1. The van der Waals surface area contributed by atoms with Gasteiger partial charge in [-0.3, -0.25) is 9.88 Å². The number of alkyl halides is 1. The maximum absolute atomic E-state index is 6.36. The SMILES string of the molecule is COc1c(C)cnc(CN2CCC(C)C(Cl)C2)c1C. The van der Waals surface area contributed by atoms with Gasteiger partial charge in [-0.2, -0.15) is 0 Å². The molecule has 0 N–H and O–H groups in total. The average Bonchev–Trinajstić information content (AvgIpc) is 2.38. The van der Waals surface area contributed by atoms with E-state index in [2.05, 4.69) is 23.7 Å². The van der Waals surface area contributed by atoms with Crippen molar-refractivity contribution in [1.29, 1.82) is 0 Å². The third-order valence-corrected chi connectivity index (χ3v) is 4.64. The minimum absolute atomic E-state index is 0.251. The molecular formula is C15H23ClN2O. The van der Waals surface area contributed by atoms with Crippen molar-refractivity contribution in [1.82, 2.24) is 9.88 Å². The van der Waals surface area contributed by atoms with Gasteiger partial charge in [0.05, 0.1) is 12.8 Å². The van der Waals surface area contributed by atoms with Gasteiger partial charge in [0.15, 0.2) is 0 Å². The Morgan fingerprint density at radius 2 is 2.21 bits per heavy atom. The fourth-order valence-corrected chi connectivity index (χ4v) is 2.99. The summed E-state index contributed by atoms with van der Waals surface area (Å²) < 4.78 is 5.46. The van der Waals surface area contributed by atoms with Crippen LogP contribution in [0.1, 0.15) is 30.2 Å². The summed E-state index contributed by atoms with van der Waals surface area (Å²) in [6, 6.07) is 0. The first kappa shape index (κ1) is 14.6. The first-order valence-corrected chi connectivity index (χ1v) is 7.32. The summed E-state index contributed by atoms with van der Waals surface area (Å²) in [7, 11) is 1.72. The van der Waals surface area contributed by atoms with E-state index in [0.717, 1.165) is 48.6 Å². The lowest BCUT2D eigenvalue weighted by atomic mass is 9.98. The predicted molar refractivity (Wildman–Crippen MR) is 79.0 cm³/mol. The van der Waals surface area contributed by atoms with Crippen LogP contribution in [-0.2, 0) is 6.54 Å². The molecule has 2 heterocycles. The molecular weight excluding hydrogens is 260 g/mol. The van der Waals surface area contributed by atoms with Gasteiger partial charge in [-0.1, -0.05) is 6.92 Å². The van der Waals surface area contributed by atoms with Crippen LogP contribution in [0.25, 0.3) is 0 Å². The molecule has 2 rings (SSSR count). The lowest BCUT2D eigenvalue weighted by Gasteiger charge is -2.34. The Bertz CT molecular complexity index is 450. The van der Waals surface area contributed by atoms with E-state index in [-0.39, 0.29) is 5.38 Å². The Hall–Kier alpha value is -0.800. The normalized spacial score (nSPS) is 24.5. The lowest BCUT2D eigenvalue weighted by molar-refractivity contribution is 0.187. The van der Waals surface area contributed by atoms with Crippen molar-refractivity contribution in [2.45, 2.75) is 39.1 Å². The van der Waals surface area contributed by atoms with E-state index in [1.807, 2.05) is 13.1 Å². The number of hydrogen-bond acceptors (Lipinski definition) is 3. The van der Waals surface area contributed by atoms with E-state index in [1.54, 1.807) is 7.11 Å². The second kappa shape index (κ2) is 6.10. The first-order valence-electron chi connectivity index (χ1n) is 6.88. The van der Waals surface area contributed by atoms with Crippen molar-refractivity contribution < 1.29 is 4.74 Å². The summed E-state index contributed by atoms with van der Waals surface area (Å²) in [6.45, 7) is 9.24. The van der Waals surface area contributed by atoms with Gasteiger partial charge in [-0.25, -0.2) is 0 Å². The number of methoxy groups -OCH3 is 1. The second-order valence-electron chi connectivity index (χ2n) is 5.56. The number of halogens is 1. The highest BCUT2D eigenvalue weighted by Crippen LogP contribution is 2.27. The highest BCUT2D eigenvalue weighted by molar-refractivity contribution is 6.21. The molecule has 0 saturated carbocycles. The van der Waals surface area contributed by atoms with Crippen LogP contribution in [0.2, 0.25) is 0 Å². The predicted octanol–water partition coefficient (Wildman–Crippen LogP) is 3.16. The molecule has 106 valence electrons. The van der Waals surface area contributed by atoms with Gasteiger partial charge in [0.1, 0.15) is 5.75 Å². The summed E-state index contributed by atoms with van der Waals surface area (Å²) in [5.74, 6) is 1.57. The van der Waals surface area contributed by atoms with Crippen LogP contribution in [0.15, 0.2) is 6.20 Å². The summed E-state index contributed by atoms with van der Waals surface area (Å²) >= 11 is 6.36. The van der Waals surface area contributed by atoms with Crippen LogP contribution < -0.4 is 4.74 Å². The van der Waals surface area contributed by atoms with Gasteiger partial charge in [-0.05, 0) is 32.7 Å². The molecule has 1 fully saturated rings. The van der Waals surface area contributed by atoms with Crippen molar-refractivity contribution in [2.24, 2.45) is 5.92 Å². The number of hydrogen-bond donors (Lipinski definition) is 0. The standard InChI is InChI=1S/C15H23ClN2O/c1-10-5-6-18(8-13(10)16)9-14-12(3)15(19-4)11(2)7-17-14/h7,10,13H,5-6,8-9H2,1-4H3. The molecule has 0 aliphatic carbocycles. The molecule has 0 aromatic carbocycles. The van der Waals surface area contributed by atoms with E-state index >= 15 is 0 Å². The maximum atomic E-state index is 6.36. The number of piperidine rings is 1. The van der Waals surface area contributed by atoms with Gasteiger partial charge in [-0.15, -0.1) is 11.6 Å². The molecule has 1 aromatic heterocycles. The smallest absolute Gasteiger partial charge is 0.128 e. The van der Waals surface area contributed by atoms with Crippen LogP contribution in [0.4, 0.5) is 0 Å². The topological polar surface area (TPSA) is 25.4 Å². The van der Waals surface area contributed by atoms with E-state index in [9.17, 15) is 0 Å². The van der Waals surface area contributed by atoms with E-state index < -0.39 is 0 Å². The highest BCUT2D eigenvalue weighted by Gasteiger charge is 2.25. The zero-order valence-electron chi connectivity index (χ0n) is 12.2. The average molecular weight is 283 g/mol. The molecule has 1 aliphatic rings. The van der Waals surface area contributed by atoms with E-state index in [4.69, 9.17) is 16.3 Å². The van der Waals surface area contributed by atoms with Gasteiger partial charge >= 0.3 is 0 Å². The van der Waals surface area contributed by atoms with Gasteiger partial charge < -0.3 is 4.74 Å². The summed E-state index contributed by atoms with van der Waals surface area (Å²) in [5.41, 5.74) is 3.33. The monoisotopic (exact) mass is 282 g/mol. The van der Waals surface area contributed by atoms with Crippen LogP contribution >= 0.6 is 11.6 Å². The van der Waals surface area contributed by atoms with Crippen LogP contribution in [0.3, 0.4) is 0 Å². The Labute approximate surface area is 120 Å². The molecule has 3 nitrogen and oxygen atoms in total. The van der Waals surface area contributed by atoms with E-state index in [0.29, 0.717) is 5.92 Å². The Kier molecular flexibility index (Phi) is 4.69. The number of aryl methyl sites for hydroxylation is 1. The number of nitrogens with zero attached hydrogens (tertiary/aromatic N) is 2. The van der Waals surface area contributed by atoms with Crippen molar-refractivity contribution in [3.05, 3.63) is 23.0 Å². The Balaban J connectivity index is 2.11. The summed E-state index contributed by atoms with van der Waals surface area (Å²) in [5, 5.41) is 0.251. The van der Waals surface area contributed by atoms with Crippen LogP contribution in [0.5, 0.6) is 5.75 Å². The molecule has 0 radical (unpaired) electrons. The van der Waals surface area contributed by atoms with Crippen molar-refractivity contribution in [3.8, 4) is 5.75 Å². The van der Waals surface area contributed by atoms with Gasteiger partial charge in [0, 0.05) is 35.8 Å². The molecule has 1 saturated heterocycles. The number of ether oxygens (including phenoxy) is 1. The fraction of sp³-hybridized carbons (Fsp3) is 0.667. The second-order valence-corrected chi connectivity index (χ2v) is 6.12. The summed E-state index contributed by atoms with van der Waals surface area (Å²) in [6.07, 6.45) is 3.06. The highest BCUT2D eigenvalue weighted by atomic mass is 35.5. The van der Waals surface area contributed by atoms with Crippen molar-refractivity contribution in [3.63, 3.8) is 0 Å². The number of rotatable bonds is 3. The van der Waals surface area contributed by atoms with Gasteiger partial charge in [0.25, 0.3) is 0 Å². The summed E-state index contributed by atoms with van der Waals surface area (Å²) in [4.78, 5) is 6.95. The zero-order chi connectivity index (χ0) is 14.0. The van der Waals surface area contributed by atoms with Crippen LogP contribution in [0, 0.1) is 19.8 Å². The molecule has 1 aliphatic heterocycles. The Morgan fingerprint density at radius 1 is 1.47 bits per heavy atom. The molecule has 2 atom stereocenters. The molecule has 1 aromatic rings. The zero-order valence-corrected chi connectivity index (χ0v) is 13.0. The largest absolute Gasteiger partial charge is 0.496 e. The molecule has 4 heteroatoms. The third-order valence-electron chi connectivity index (χ3n) is 4.07. The molecule has 0 amide bonds. The minimum Gasteiger partial charge on any atom is -0.496 e. The fourth-order valence-electron chi connectivity index (χ4n) is 2.67. The van der Waals surface area contributed by atoms with Crippen LogP contribution in [-0.4, -0.2) is 35.5 Å². The maximum Gasteiger partial charge on any atom is 0.128 e. The van der Waals surface area contributed by atoms with Gasteiger partial charge in [0.2, 0.25) is 0 Å². The third kappa shape index (κ3) is 3.21.